The van der Waals surface area contributed by atoms with Crippen LogP contribution in [0.3, 0.4) is 0 Å². The summed E-state index contributed by atoms with van der Waals surface area (Å²) in [6.07, 6.45) is 2.61. The molecular weight excluding hydrogens is 385 g/mol. The van der Waals surface area contributed by atoms with Crippen molar-refractivity contribution in [3.8, 4) is 11.1 Å². The lowest BCUT2D eigenvalue weighted by atomic mass is 9.92. The van der Waals surface area contributed by atoms with Gasteiger partial charge in [-0.2, -0.15) is 11.8 Å². The smallest absolute Gasteiger partial charge is 0.143 e. The molecule has 0 spiro atoms. The Balaban J connectivity index is 1.51. The number of rotatable bonds is 4. The number of aromatic nitrogens is 3. The van der Waals surface area contributed by atoms with Crippen LogP contribution in [0, 0.1) is 5.82 Å². The van der Waals surface area contributed by atoms with Crippen LogP contribution in [0.1, 0.15) is 37.0 Å². The van der Waals surface area contributed by atoms with Gasteiger partial charge >= 0.3 is 0 Å². The number of thioether (sulfide) groups is 1. The minimum atomic E-state index is -0.244. The predicted octanol–water partition coefficient (Wildman–Crippen LogP) is 4.20. The number of hydrogen-bond donors (Lipinski definition) is 1. The van der Waals surface area contributed by atoms with Gasteiger partial charge < -0.3 is 9.67 Å². The van der Waals surface area contributed by atoms with Gasteiger partial charge in [0.1, 0.15) is 17.5 Å². The highest BCUT2D eigenvalue weighted by molar-refractivity contribution is 8.00. The van der Waals surface area contributed by atoms with Crippen molar-refractivity contribution in [1.29, 1.82) is 0 Å². The van der Waals surface area contributed by atoms with Crippen LogP contribution in [0.25, 0.3) is 11.1 Å². The Morgan fingerprint density at radius 1 is 1.14 bits per heavy atom. The first-order valence-corrected chi connectivity index (χ1v) is 11.1. The van der Waals surface area contributed by atoms with E-state index in [1.165, 1.54) is 0 Å². The molecule has 150 valence electrons. The Bertz CT molecular complexity index is 1050. The van der Waals surface area contributed by atoms with Gasteiger partial charge in [-0.1, -0.05) is 42.5 Å². The van der Waals surface area contributed by atoms with Crippen molar-refractivity contribution < 1.29 is 9.50 Å². The summed E-state index contributed by atoms with van der Waals surface area (Å²) in [7, 11) is 0. The minimum Gasteiger partial charge on any atom is -0.395 e. The Hall–Kier alpha value is -2.18. The molecule has 0 unspecified atom stereocenters. The van der Waals surface area contributed by atoms with Crippen molar-refractivity contribution in [3.63, 3.8) is 0 Å². The number of hydrogen-bond acceptors (Lipinski definition) is 4. The van der Waals surface area contributed by atoms with Crippen LogP contribution in [0.4, 0.5) is 4.39 Å². The van der Waals surface area contributed by atoms with E-state index >= 15 is 4.39 Å². The molecule has 2 aromatic carbocycles. The number of fused-ring (bicyclic) bond motifs is 1. The standard InChI is InChI=1S/C23H24FN3OS/c1-22(15-28)14-20-25-26-21(27(20)11-12-29-22)23(9-10-23)17-7-8-18(19(24)13-17)16-5-3-2-4-6-16/h2-8,13,28H,9-12,14-15H2,1H3/t22-/m1/s1. The van der Waals surface area contributed by atoms with Crippen LogP contribution >= 0.6 is 11.8 Å². The molecule has 0 radical (unpaired) electrons. The van der Waals surface area contributed by atoms with Gasteiger partial charge in [0, 0.05) is 29.0 Å². The fourth-order valence-corrected chi connectivity index (χ4v) is 5.45. The van der Waals surface area contributed by atoms with Gasteiger partial charge in [-0.05, 0) is 37.0 Å². The monoisotopic (exact) mass is 409 g/mol. The molecule has 5 rings (SSSR count). The third kappa shape index (κ3) is 3.19. The van der Waals surface area contributed by atoms with Crippen LogP contribution < -0.4 is 0 Å². The fourth-order valence-electron chi connectivity index (χ4n) is 4.36. The van der Waals surface area contributed by atoms with E-state index in [1.54, 1.807) is 17.8 Å². The number of aliphatic hydroxyl groups is 1. The number of halogens is 1. The SMILES string of the molecule is C[C@]1(CO)Cc2nnc(C3(c4ccc(-c5ccccc5)c(F)c4)CC3)n2CCS1. The molecule has 4 nitrogen and oxygen atoms in total. The maximum atomic E-state index is 15.0. The van der Waals surface area contributed by atoms with Crippen molar-refractivity contribution in [2.45, 2.75) is 42.9 Å². The van der Waals surface area contributed by atoms with Gasteiger partial charge in [0.25, 0.3) is 0 Å². The van der Waals surface area contributed by atoms with Gasteiger partial charge in [0.15, 0.2) is 0 Å². The summed E-state index contributed by atoms with van der Waals surface area (Å²) in [4.78, 5) is 0. The van der Waals surface area contributed by atoms with E-state index in [4.69, 9.17) is 0 Å². The predicted molar refractivity (Wildman–Crippen MR) is 114 cm³/mol. The largest absolute Gasteiger partial charge is 0.395 e. The number of nitrogens with zero attached hydrogens (tertiary/aromatic N) is 3. The van der Waals surface area contributed by atoms with Crippen LogP contribution in [0.5, 0.6) is 0 Å². The van der Waals surface area contributed by atoms with Crippen LogP contribution in [0.15, 0.2) is 48.5 Å². The van der Waals surface area contributed by atoms with Crippen LogP contribution in [-0.2, 0) is 18.4 Å². The Kier molecular flexibility index (Phi) is 4.51. The molecule has 3 aromatic rings. The molecule has 2 heterocycles. The van der Waals surface area contributed by atoms with E-state index in [1.807, 2.05) is 42.5 Å². The topological polar surface area (TPSA) is 50.9 Å². The van der Waals surface area contributed by atoms with E-state index < -0.39 is 0 Å². The van der Waals surface area contributed by atoms with Crippen LogP contribution in [-0.4, -0.2) is 37.0 Å². The zero-order valence-electron chi connectivity index (χ0n) is 16.4. The highest BCUT2D eigenvalue weighted by Gasteiger charge is 2.51. The first kappa shape index (κ1) is 18.8. The Labute approximate surface area is 174 Å². The highest BCUT2D eigenvalue weighted by Crippen LogP contribution is 2.53. The first-order valence-electron chi connectivity index (χ1n) is 10.1. The molecule has 2 aliphatic rings. The normalized spacial score (nSPS) is 22.7. The third-order valence-electron chi connectivity index (χ3n) is 6.24. The summed E-state index contributed by atoms with van der Waals surface area (Å²) in [5, 5.41) is 18.8. The third-order valence-corrected chi connectivity index (χ3v) is 7.60. The molecule has 29 heavy (non-hydrogen) atoms. The first-order chi connectivity index (χ1) is 14.0. The van der Waals surface area contributed by atoms with E-state index in [-0.39, 0.29) is 22.6 Å². The molecule has 0 amide bonds. The number of aliphatic hydroxyl groups excluding tert-OH is 1. The highest BCUT2D eigenvalue weighted by atomic mass is 32.2. The quantitative estimate of drug-likeness (QED) is 0.702. The van der Waals surface area contributed by atoms with Gasteiger partial charge in [-0.3, -0.25) is 0 Å². The summed E-state index contributed by atoms with van der Waals surface area (Å²) in [5.74, 6) is 2.59. The Morgan fingerprint density at radius 2 is 1.93 bits per heavy atom. The van der Waals surface area contributed by atoms with Crippen molar-refractivity contribution in [3.05, 3.63) is 71.6 Å². The molecule has 6 heteroatoms. The van der Waals surface area contributed by atoms with Gasteiger partial charge in [0.2, 0.25) is 0 Å². The van der Waals surface area contributed by atoms with E-state index in [2.05, 4.69) is 21.7 Å². The van der Waals surface area contributed by atoms with Crippen molar-refractivity contribution in [1.82, 2.24) is 14.8 Å². The summed E-state index contributed by atoms with van der Waals surface area (Å²) >= 11 is 1.79. The lowest BCUT2D eigenvalue weighted by Crippen LogP contribution is -2.28. The molecule has 1 atom stereocenters. The van der Waals surface area contributed by atoms with Gasteiger partial charge in [-0.25, -0.2) is 4.39 Å². The molecule has 1 aliphatic heterocycles. The molecular formula is C23H24FN3OS. The summed E-state index contributed by atoms with van der Waals surface area (Å²) in [6, 6.07) is 15.3. The lowest BCUT2D eigenvalue weighted by Gasteiger charge is -2.23. The average Bonchev–Trinajstić information content (AvgIpc) is 3.48. The summed E-state index contributed by atoms with van der Waals surface area (Å²) in [6.45, 7) is 3.02. The molecule has 1 N–H and O–H groups in total. The molecule has 1 saturated carbocycles. The maximum absolute atomic E-state index is 15.0. The molecule has 1 aliphatic carbocycles. The molecule has 0 bridgehead atoms. The Morgan fingerprint density at radius 3 is 2.62 bits per heavy atom. The van der Waals surface area contributed by atoms with E-state index in [0.717, 1.165) is 47.9 Å². The summed E-state index contributed by atoms with van der Waals surface area (Å²) < 4.78 is 17.0. The maximum Gasteiger partial charge on any atom is 0.143 e. The van der Waals surface area contributed by atoms with Crippen molar-refractivity contribution in [2.24, 2.45) is 0 Å². The van der Waals surface area contributed by atoms with Gasteiger partial charge in [0.05, 0.1) is 12.0 Å². The van der Waals surface area contributed by atoms with E-state index in [9.17, 15) is 5.11 Å². The number of benzene rings is 2. The zero-order valence-corrected chi connectivity index (χ0v) is 17.3. The minimum absolute atomic E-state index is 0.122. The van der Waals surface area contributed by atoms with Crippen LogP contribution in [0.2, 0.25) is 0 Å². The average molecular weight is 410 g/mol. The fraction of sp³-hybridized carbons (Fsp3) is 0.391. The van der Waals surface area contributed by atoms with Gasteiger partial charge in [-0.15, -0.1) is 10.2 Å². The molecule has 0 saturated heterocycles. The lowest BCUT2D eigenvalue weighted by molar-refractivity contribution is 0.254. The second-order valence-electron chi connectivity index (χ2n) is 8.37. The van der Waals surface area contributed by atoms with E-state index in [0.29, 0.717) is 12.0 Å². The van der Waals surface area contributed by atoms with Crippen molar-refractivity contribution >= 4 is 11.8 Å². The summed E-state index contributed by atoms with van der Waals surface area (Å²) in [5.41, 5.74) is 2.25. The zero-order chi connectivity index (χ0) is 20.1. The second-order valence-corrected chi connectivity index (χ2v) is 10.1. The van der Waals surface area contributed by atoms with Crippen molar-refractivity contribution in [2.75, 3.05) is 12.4 Å². The second kappa shape index (κ2) is 6.96. The molecule has 1 aromatic heterocycles. The molecule has 1 fully saturated rings.